The molecule has 0 fully saturated rings. The molecule has 0 aliphatic rings. The third kappa shape index (κ3) is 9.17. The largest absolute Gasteiger partial charge is 0.468 e. The van der Waals surface area contributed by atoms with Crippen LogP contribution in [0.4, 0.5) is 4.79 Å². The van der Waals surface area contributed by atoms with Gasteiger partial charge in [0.05, 0.1) is 23.8 Å². The first-order chi connectivity index (χ1) is 14.6. The second kappa shape index (κ2) is 13.5. The van der Waals surface area contributed by atoms with Crippen molar-refractivity contribution in [2.75, 3.05) is 12.3 Å². The maximum Gasteiger partial charge on any atom is 0.407 e. The molecule has 8 heteroatoms. The highest BCUT2D eigenvalue weighted by molar-refractivity contribution is 7.99. The fraction of sp³-hybridized carbons (Fsp3) is 0.409. The van der Waals surface area contributed by atoms with Gasteiger partial charge in [-0.1, -0.05) is 50.1 Å². The predicted molar refractivity (Wildman–Crippen MR) is 116 cm³/mol. The highest BCUT2D eigenvalue weighted by Gasteiger charge is 2.20. The molecule has 0 radical (unpaired) electrons. The molecule has 0 spiro atoms. The second-order valence-electron chi connectivity index (χ2n) is 6.72. The number of ketones is 1. The summed E-state index contributed by atoms with van der Waals surface area (Å²) in [7, 11) is 0. The van der Waals surface area contributed by atoms with E-state index in [0.717, 1.165) is 24.2 Å². The Hall–Kier alpha value is -2.74. The van der Waals surface area contributed by atoms with E-state index in [4.69, 9.17) is 9.15 Å². The van der Waals surface area contributed by atoms with Crippen LogP contribution in [0.25, 0.3) is 0 Å². The zero-order valence-corrected chi connectivity index (χ0v) is 17.9. The van der Waals surface area contributed by atoms with E-state index in [1.807, 2.05) is 43.3 Å². The molecule has 30 heavy (non-hydrogen) atoms. The van der Waals surface area contributed by atoms with Crippen LogP contribution in [0.15, 0.2) is 53.1 Å². The van der Waals surface area contributed by atoms with Gasteiger partial charge in [-0.25, -0.2) is 4.79 Å². The van der Waals surface area contributed by atoms with E-state index in [1.165, 1.54) is 11.8 Å². The molecule has 1 aromatic carbocycles. The minimum absolute atomic E-state index is 0.0417. The van der Waals surface area contributed by atoms with E-state index in [9.17, 15) is 14.4 Å². The number of rotatable bonds is 13. The van der Waals surface area contributed by atoms with Crippen LogP contribution in [0.1, 0.15) is 37.5 Å². The number of alkyl carbamates (subject to hydrolysis) is 1. The van der Waals surface area contributed by atoms with Gasteiger partial charge in [-0.2, -0.15) is 0 Å². The van der Waals surface area contributed by atoms with E-state index < -0.39 is 18.0 Å². The van der Waals surface area contributed by atoms with Crippen LogP contribution in [0, 0.1) is 0 Å². The van der Waals surface area contributed by atoms with Gasteiger partial charge in [0.25, 0.3) is 0 Å². The smallest absolute Gasteiger partial charge is 0.407 e. The number of nitrogens with one attached hydrogen (secondary N) is 2. The first-order valence-electron chi connectivity index (χ1n) is 9.95. The Bertz CT molecular complexity index is 780. The zero-order chi connectivity index (χ0) is 21.6. The summed E-state index contributed by atoms with van der Waals surface area (Å²) >= 11 is 1.45. The Morgan fingerprint density at radius 2 is 1.93 bits per heavy atom. The van der Waals surface area contributed by atoms with Gasteiger partial charge in [0.2, 0.25) is 5.91 Å². The van der Waals surface area contributed by atoms with Crippen molar-refractivity contribution in [2.24, 2.45) is 0 Å². The summed E-state index contributed by atoms with van der Waals surface area (Å²) in [4.78, 5) is 36.5. The van der Waals surface area contributed by atoms with Crippen molar-refractivity contribution in [1.29, 1.82) is 0 Å². The van der Waals surface area contributed by atoms with Crippen molar-refractivity contribution in [2.45, 2.75) is 44.6 Å². The molecule has 162 valence electrons. The maximum atomic E-state index is 12.5. The molecule has 1 aromatic heterocycles. The first-order valence-corrected chi connectivity index (χ1v) is 11.1. The van der Waals surface area contributed by atoms with Crippen LogP contribution in [0.2, 0.25) is 0 Å². The Labute approximate surface area is 180 Å². The van der Waals surface area contributed by atoms with Gasteiger partial charge in [0, 0.05) is 0 Å². The summed E-state index contributed by atoms with van der Waals surface area (Å²) in [5, 5.41) is 5.14. The van der Waals surface area contributed by atoms with Gasteiger partial charge in [-0.15, -0.1) is 11.8 Å². The number of carbonyl (C=O) groups excluding carboxylic acids is 3. The normalized spacial score (nSPS) is 11.5. The summed E-state index contributed by atoms with van der Waals surface area (Å²) in [6, 6.07) is 12.4. The number of thioether (sulfide) groups is 1. The molecule has 0 aliphatic heterocycles. The van der Waals surface area contributed by atoms with Gasteiger partial charge < -0.3 is 19.8 Å². The minimum Gasteiger partial charge on any atom is -0.468 e. The number of carbonyl (C=O) groups is 3. The SMILES string of the molecule is CCCC[C@H](NC(=O)CNC(=O)OCc1ccccc1)C(=O)CSCc1ccco1. The van der Waals surface area contributed by atoms with Gasteiger partial charge >= 0.3 is 6.09 Å². The van der Waals surface area contributed by atoms with E-state index in [2.05, 4.69) is 10.6 Å². The average Bonchev–Trinajstić information content (AvgIpc) is 3.28. The molecule has 1 heterocycles. The van der Waals surface area contributed by atoms with Crippen molar-refractivity contribution in [3.63, 3.8) is 0 Å². The predicted octanol–water partition coefficient (Wildman–Crippen LogP) is 3.68. The number of furan rings is 1. The highest BCUT2D eigenvalue weighted by Crippen LogP contribution is 2.14. The molecule has 0 saturated carbocycles. The molecule has 2 N–H and O–H groups in total. The number of hydrogen-bond donors (Lipinski definition) is 2. The zero-order valence-electron chi connectivity index (χ0n) is 17.1. The van der Waals surface area contributed by atoms with E-state index in [-0.39, 0.29) is 24.7 Å². The third-order valence-corrected chi connectivity index (χ3v) is 5.22. The van der Waals surface area contributed by atoms with Crippen molar-refractivity contribution in [1.82, 2.24) is 10.6 Å². The quantitative estimate of drug-likeness (QED) is 0.501. The third-order valence-electron chi connectivity index (χ3n) is 4.25. The maximum absolute atomic E-state index is 12.5. The summed E-state index contributed by atoms with van der Waals surface area (Å²) in [5.74, 6) is 1.22. The molecule has 0 unspecified atom stereocenters. The fourth-order valence-corrected chi connectivity index (χ4v) is 3.51. The van der Waals surface area contributed by atoms with E-state index in [1.54, 1.807) is 12.3 Å². The van der Waals surface area contributed by atoms with Crippen molar-refractivity contribution < 1.29 is 23.5 Å². The van der Waals surface area contributed by atoms with Crippen LogP contribution in [-0.2, 0) is 26.7 Å². The number of ether oxygens (including phenoxy) is 1. The van der Waals surface area contributed by atoms with E-state index in [0.29, 0.717) is 12.2 Å². The van der Waals surface area contributed by atoms with E-state index >= 15 is 0 Å². The lowest BCUT2D eigenvalue weighted by atomic mass is 10.1. The molecule has 0 bridgehead atoms. The van der Waals surface area contributed by atoms with Gasteiger partial charge in [-0.05, 0) is 24.1 Å². The lowest BCUT2D eigenvalue weighted by Crippen LogP contribution is -2.46. The Morgan fingerprint density at radius 3 is 2.63 bits per heavy atom. The summed E-state index contributed by atoms with van der Waals surface area (Å²) in [6.45, 7) is 1.90. The fourth-order valence-electron chi connectivity index (χ4n) is 2.64. The van der Waals surface area contributed by atoms with Crippen LogP contribution < -0.4 is 10.6 Å². The summed E-state index contributed by atoms with van der Waals surface area (Å²) < 4.78 is 10.3. The molecule has 1 atom stereocenters. The van der Waals surface area contributed by atoms with Crippen molar-refractivity contribution >= 4 is 29.5 Å². The van der Waals surface area contributed by atoms with Crippen LogP contribution in [0.3, 0.4) is 0 Å². The number of Topliss-reactive ketones (excluding diaryl/α,β-unsaturated/α-hetero) is 1. The highest BCUT2D eigenvalue weighted by atomic mass is 32.2. The van der Waals surface area contributed by atoms with Gasteiger partial charge in [0.15, 0.2) is 5.78 Å². The number of unbranched alkanes of at least 4 members (excludes halogenated alkanes) is 1. The Kier molecular flexibility index (Phi) is 10.6. The molecule has 2 aromatic rings. The van der Waals surface area contributed by atoms with Crippen LogP contribution >= 0.6 is 11.8 Å². The average molecular weight is 433 g/mol. The molecular formula is C22H28N2O5S. The Morgan fingerprint density at radius 1 is 1.13 bits per heavy atom. The Balaban J connectivity index is 1.71. The lowest BCUT2D eigenvalue weighted by molar-refractivity contribution is -0.126. The lowest BCUT2D eigenvalue weighted by Gasteiger charge is -2.17. The molecule has 2 rings (SSSR count). The number of amides is 2. The van der Waals surface area contributed by atoms with Crippen LogP contribution in [0.5, 0.6) is 0 Å². The van der Waals surface area contributed by atoms with Gasteiger partial charge in [0.1, 0.15) is 18.9 Å². The summed E-state index contributed by atoms with van der Waals surface area (Å²) in [6.07, 6.45) is 3.23. The molecular weight excluding hydrogens is 404 g/mol. The summed E-state index contributed by atoms with van der Waals surface area (Å²) in [5.41, 5.74) is 0.856. The topological polar surface area (TPSA) is 97.6 Å². The monoisotopic (exact) mass is 432 g/mol. The second-order valence-corrected chi connectivity index (χ2v) is 7.70. The standard InChI is InChI=1S/C22H28N2O5S/c1-2-3-11-19(20(25)16-30-15-18-10-7-12-28-18)24-21(26)13-23-22(27)29-14-17-8-5-4-6-9-17/h4-10,12,19H,2-3,11,13-16H2,1H3,(H,23,27)(H,24,26)/t19-/m0/s1. The molecule has 0 saturated heterocycles. The number of benzene rings is 1. The van der Waals surface area contributed by atoms with Crippen molar-refractivity contribution in [3.05, 3.63) is 60.1 Å². The van der Waals surface area contributed by atoms with Gasteiger partial charge in [-0.3, -0.25) is 9.59 Å². The molecule has 2 amide bonds. The van der Waals surface area contributed by atoms with Crippen LogP contribution in [-0.4, -0.2) is 36.1 Å². The minimum atomic E-state index is -0.681. The van der Waals surface area contributed by atoms with Crippen molar-refractivity contribution in [3.8, 4) is 0 Å². The molecule has 7 nitrogen and oxygen atoms in total. The number of hydrogen-bond acceptors (Lipinski definition) is 6. The first kappa shape index (κ1) is 23.5. The molecule has 0 aliphatic carbocycles.